The molecule has 0 bridgehead atoms. The fourth-order valence-electron chi connectivity index (χ4n) is 2.95. The average Bonchev–Trinajstić information content (AvgIpc) is 2.64. The van der Waals surface area contributed by atoms with Gasteiger partial charge in [0.1, 0.15) is 5.82 Å². The molecule has 0 spiro atoms. The van der Waals surface area contributed by atoms with Gasteiger partial charge in [-0.05, 0) is 24.7 Å². The van der Waals surface area contributed by atoms with Crippen LogP contribution in [0, 0.1) is 0 Å². The van der Waals surface area contributed by atoms with Crippen LogP contribution in [0.1, 0.15) is 28.8 Å². The van der Waals surface area contributed by atoms with E-state index in [1.165, 1.54) is 17.3 Å². The van der Waals surface area contributed by atoms with Crippen LogP contribution in [0.5, 0.6) is 0 Å². The standard InChI is InChI=1S/C18H22N4OS/c1-24-18-19-11-15(13-23)17(21-18)20-16-7-9-22(10-8-16)12-14-5-3-2-4-6-14/h2-6,11,13,16H,7-10,12H2,1H3,(H,19,20,21). The number of thioether (sulfide) groups is 1. The van der Waals surface area contributed by atoms with Gasteiger partial charge in [-0.1, -0.05) is 42.1 Å². The van der Waals surface area contributed by atoms with E-state index >= 15 is 0 Å². The zero-order valence-electron chi connectivity index (χ0n) is 13.8. The number of carbonyl (C=O) groups is 1. The Labute approximate surface area is 146 Å². The van der Waals surface area contributed by atoms with Crippen molar-refractivity contribution in [1.82, 2.24) is 14.9 Å². The van der Waals surface area contributed by atoms with Crippen LogP contribution >= 0.6 is 11.8 Å². The Kier molecular flexibility index (Phi) is 5.82. The summed E-state index contributed by atoms with van der Waals surface area (Å²) in [5.74, 6) is 0.658. The molecule has 1 aliphatic heterocycles. The number of benzene rings is 1. The number of hydrogen-bond donors (Lipinski definition) is 1. The fourth-order valence-corrected chi connectivity index (χ4v) is 3.29. The van der Waals surface area contributed by atoms with E-state index in [4.69, 9.17) is 0 Å². The van der Waals surface area contributed by atoms with Gasteiger partial charge in [-0.3, -0.25) is 9.69 Å². The van der Waals surface area contributed by atoms with Gasteiger partial charge in [-0.25, -0.2) is 9.97 Å². The number of hydrogen-bond acceptors (Lipinski definition) is 6. The first-order chi connectivity index (χ1) is 11.8. The summed E-state index contributed by atoms with van der Waals surface area (Å²) in [4.78, 5) is 22.3. The van der Waals surface area contributed by atoms with Crippen molar-refractivity contribution in [3.05, 3.63) is 47.7 Å². The highest BCUT2D eigenvalue weighted by molar-refractivity contribution is 7.98. The number of aromatic nitrogens is 2. The topological polar surface area (TPSA) is 58.1 Å². The van der Waals surface area contributed by atoms with E-state index in [1.807, 2.05) is 6.26 Å². The first-order valence-electron chi connectivity index (χ1n) is 8.17. The van der Waals surface area contributed by atoms with E-state index in [0.29, 0.717) is 22.6 Å². The Morgan fingerprint density at radius 1 is 1.29 bits per heavy atom. The van der Waals surface area contributed by atoms with Crippen LogP contribution in [0.25, 0.3) is 0 Å². The van der Waals surface area contributed by atoms with Gasteiger partial charge in [0, 0.05) is 31.9 Å². The molecule has 1 N–H and O–H groups in total. The van der Waals surface area contributed by atoms with E-state index < -0.39 is 0 Å². The molecule has 1 aromatic carbocycles. The van der Waals surface area contributed by atoms with Crippen LogP contribution in [-0.4, -0.2) is 46.5 Å². The minimum atomic E-state index is 0.348. The lowest BCUT2D eigenvalue weighted by Crippen LogP contribution is -2.39. The molecule has 0 unspecified atom stereocenters. The van der Waals surface area contributed by atoms with Crippen molar-refractivity contribution in [2.45, 2.75) is 30.6 Å². The maximum atomic E-state index is 11.2. The van der Waals surface area contributed by atoms with E-state index in [0.717, 1.165) is 38.8 Å². The zero-order valence-corrected chi connectivity index (χ0v) is 14.6. The van der Waals surface area contributed by atoms with Gasteiger partial charge < -0.3 is 5.32 Å². The molecule has 1 saturated heterocycles. The minimum absolute atomic E-state index is 0.348. The second-order valence-electron chi connectivity index (χ2n) is 5.96. The first-order valence-corrected chi connectivity index (χ1v) is 9.40. The van der Waals surface area contributed by atoms with Crippen molar-refractivity contribution >= 4 is 23.9 Å². The molecule has 2 heterocycles. The molecule has 1 aromatic heterocycles. The summed E-state index contributed by atoms with van der Waals surface area (Å²) in [6.45, 7) is 3.09. The van der Waals surface area contributed by atoms with Crippen LogP contribution in [0.2, 0.25) is 0 Å². The summed E-state index contributed by atoms with van der Waals surface area (Å²) in [6, 6.07) is 10.9. The van der Waals surface area contributed by atoms with Gasteiger partial charge in [0.05, 0.1) is 5.56 Å². The Morgan fingerprint density at radius 3 is 2.71 bits per heavy atom. The Morgan fingerprint density at radius 2 is 2.04 bits per heavy atom. The van der Waals surface area contributed by atoms with Crippen LogP contribution in [-0.2, 0) is 6.54 Å². The van der Waals surface area contributed by atoms with Crippen molar-refractivity contribution in [2.24, 2.45) is 0 Å². The Balaban J connectivity index is 1.56. The van der Waals surface area contributed by atoms with Crippen molar-refractivity contribution < 1.29 is 4.79 Å². The van der Waals surface area contributed by atoms with E-state index in [2.05, 4.69) is 50.5 Å². The third-order valence-corrected chi connectivity index (χ3v) is 4.84. The summed E-state index contributed by atoms with van der Waals surface area (Å²) in [5, 5.41) is 4.12. The van der Waals surface area contributed by atoms with Crippen LogP contribution < -0.4 is 5.32 Å². The minimum Gasteiger partial charge on any atom is -0.367 e. The monoisotopic (exact) mass is 342 g/mol. The summed E-state index contributed by atoms with van der Waals surface area (Å²) in [7, 11) is 0. The molecule has 0 radical (unpaired) electrons. The third-order valence-electron chi connectivity index (χ3n) is 4.28. The predicted molar refractivity (Wildman–Crippen MR) is 97.6 cm³/mol. The molecule has 1 fully saturated rings. The Bertz CT molecular complexity index is 672. The number of piperidine rings is 1. The lowest BCUT2D eigenvalue weighted by Gasteiger charge is -2.32. The van der Waals surface area contributed by atoms with Crippen molar-refractivity contribution in [2.75, 3.05) is 24.7 Å². The molecule has 3 rings (SSSR count). The molecular formula is C18H22N4OS. The molecule has 0 aliphatic carbocycles. The molecule has 5 nitrogen and oxygen atoms in total. The molecule has 2 aromatic rings. The van der Waals surface area contributed by atoms with Gasteiger partial charge in [0.2, 0.25) is 0 Å². The third kappa shape index (κ3) is 4.33. The molecule has 24 heavy (non-hydrogen) atoms. The molecular weight excluding hydrogens is 320 g/mol. The second-order valence-corrected chi connectivity index (χ2v) is 6.73. The maximum Gasteiger partial charge on any atom is 0.189 e. The zero-order chi connectivity index (χ0) is 16.8. The molecule has 0 amide bonds. The van der Waals surface area contributed by atoms with E-state index in [1.54, 1.807) is 6.20 Å². The molecule has 0 atom stereocenters. The molecule has 126 valence electrons. The number of nitrogens with one attached hydrogen (secondary N) is 1. The summed E-state index contributed by atoms with van der Waals surface area (Å²) in [6.07, 6.45) is 6.44. The first kappa shape index (κ1) is 16.9. The van der Waals surface area contributed by atoms with Crippen molar-refractivity contribution in [1.29, 1.82) is 0 Å². The van der Waals surface area contributed by atoms with Gasteiger partial charge in [0.25, 0.3) is 0 Å². The smallest absolute Gasteiger partial charge is 0.189 e. The lowest BCUT2D eigenvalue weighted by molar-refractivity contribution is 0.112. The summed E-state index contributed by atoms with van der Waals surface area (Å²) < 4.78 is 0. The van der Waals surface area contributed by atoms with Gasteiger partial charge >= 0.3 is 0 Å². The van der Waals surface area contributed by atoms with Crippen LogP contribution in [0.15, 0.2) is 41.7 Å². The lowest BCUT2D eigenvalue weighted by atomic mass is 10.0. The predicted octanol–water partition coefficient (Wildman–Crippen LogP) is 3.09. The van der Waals surface area contributed by atoms with Crippen molar-refractivity contribution in [3.8, 4) is 0 Å². The molecule has 6 heteroatoms. The number of likely N-dealkylation sites (tertiary alicyclic amines) is 1. The number of anilines is 1. The molecule has 0 saturated carbocycles. The average molecular weight is 342 g/mol. The van der Waals surface area contributed by atoms with Crippen molar-refractivity contribution in [3.63, 3.8) is 0 Å². The number of nitrogens with zero attached hydrogens (tertiary/aromatic N) is 3. The quantitative estimate of drug-likeness (QED) is 0.495. The highest BCUT2D eigenvalue weighted by Crippen LogP contribution is 2.20. The fraction of sp³-hybridized carbons (Fsp3) is 0.389. The van der Waals surface area contributed by atoms with Gasteiger partial charge in [0.15, 0.2) is 11.4 Å². The summed E-state index contributed by atoms with van der Waals surface area (Å²) >= 11 is 1.48. The van der Waals surface area contributed by atoms with Gasteiger partial charge in [-0.2, -0.15) is 0 Å². The van der Waals surface area contributed by atoms with Crippen LogP contribution in [0.3, 0.4) is 0 Å². The van der Waals surface area contributed by atoms with Gasteiger partial charge in [-0.15, -0.1) is 0 Å². The maximum absolute atomic E-state index is 11.2. The van der Waals surface area contributed by atoms with Crippen LogP contribution in [0.4, 0.5) is 5.82 Å². The number of aldehydes is 1. The number of rotatable bonds is 6. The largest absolute Gasteiger partial charge is 0.367 e. The van der Waals surface area contributed by atoms with E-state index in [-0.39, 0.29) is 0 Å². The second kappa shape index (κ2) is 8.26. The van der Waals surface area contributed by atoms with E-state index in [9.17, 15) is 4.79 Å². The highest BCUT2D eigenvalue weighted by atomic mass is 32.2. The number of carbonyl (C=O) groups excluding carboxylic acids is 1. The normalized spacial score (nSPS) is 16.0. The SMILES string of the molecule is CSc1ncc(C=O)c(NC2CCN(Cc3ccccc3)CC2)n1. The Hall–Kier alpha value is -1.92. The summed E-state index contributed by atoms with van der Waals surface area (Å²) in [5.41, 5.74) is 1.88. The highest BCUT2D eigenvalue weighted by Gasteiger charge is 2.20. The molecule has 1 aliphatic rings.